The van der Waals surface area contributed by atoms with Gasteiger partial charge >= 0.3 is 6.09 Å². The smallest absolute Gasteiger partial charge is 0.417 e. The Morgan fingerprint density at radius 2 is 2.00 bits per heavy atom. The predicted molar refractivity (Wildman–Crippen MR) is 76.6 cm³/mol. The number of benzene rings is 1. The highest BCUT2D eigenvalue weighted by Gasteiger charge is 2.40. The highest BCUT2D eigenvalue weighted by Crippen LogP contribution is 2.20. The second kappa shape index (κ2) is 6.52. The number of Topliss-reactive ketones (excluding diaryl/α,β-unsaturated/α-hetero) is 1. The van der Waals surface area contributed by atoms with Crippen molar-refractivity contribution in [2.45, 2.75) is 32.7 Å². The summed E-state index contributed by atoms with van der Waals surface area (Å²) >= 11 is 0. The Kier molecular flexibility index (Phi) is 4.73. The molecule has 112 valence electrons. The monoisotopic (exact) mass is 289 g/mol. The Bertz CT molecular complexity index is 540. The van der Waals surface area contributed by atoms with Crippen molar-refractivity contribution in [2.75, 3.05) is 6.61 Å². The van der Waals surface area contributed by atoms with Gasteiger partial charge in [-0.15, -0.1) is 0 Å². The molecule has 0 bridgehead atoms. The maximum absolute atomic E-state index is 12.4. The molecule has 0 aromatic heterocycles. The Balaban J connectivity index is 2.13. The number of nitrogens with zero attached hydrogens (tertiary/aromatic N) is 1. The van der Waals surface area contributed by atoms with Crippen molar-refractivity contribution in [3.8, 4) is 0 Å². The molecule has 0 N–H and O–H groups in total. The summed E-state index contributed by atoms with van der Waals surface area (Å²) in [5.74, 6) is -1.44. The van der Waals surface area contributed by atoms with Gasteiger partial charge in [-0.2, -0.15) is 0 Å². The topological polar surface area (TPSA) is 63.7 Å². The van der Waals surface area contributed by atoms with Crippen molar-refractivity contribution >= 4 is 17.8 Å². The number of cyclic esters (lactones) is 1. The van der Waals surface area contributed by atoms with Crippen LogP contribution < -0.4 is 0 Å². The summed E-state index contributed by atoms with van der Waals surface area (Å²) in [5.41, 5.74) is 1.02. The molecule has 5 heteroatoms. The molecule has 2 atom stereocenters. The molecular formula is C16H19NO4. The number of ketones is 1. The molecule has 2 rings (SSSR count). The van der Waals surface area contributed by atoms with E-state index in [1.807, 2.05) is 30.3 Å². The van der Waals surface area contributed by atoms with Crippen molar-refractivity contribution in [1.29, 1.82) is 0 Å². The summed E-state index contributed by atoms with van der Waals surface area (Å²) in [6, 6.07) is 9.24. The Labute approximate surface area is 123 Å². The lowest BCUT2D eigenvalue weighted by Gasteiger charge is -2.22. The fourth-order valence-electron chi connectivity index (χ4n) is 2.42. The first-order chi connectivity index (χ1) is 10.0. The molecule has 0 saturated carbocycles. The van der Waals surface area contributed by atoms with Gasteiger partial charge in [-0.3, -0.25) is 9.59 Å². The summed E-state index contributed by atoms with van der Waals surface area (Å²) < 4.78 is 4.99. The van der Waals surface area contributed by atoms with Gasteiger partial charge in [0.2, 0.25) is 5.91 Å². The number of carbonyl (C=O) groups excluding carboxylic acids is 3. The van der Waals surface area contributed by atoms with E-state index in [1.54, 1.807) is 13.8 Å². The van der Waals surface area contributed by atoms with Gasteiger partial charge in [0.15, 0.2) is 0 Å². The summed E-state index contributed by atoms with van der Waals surface area (Å²) in [6.07, 6.45) is 0.154. The summed E-state index contributed by atoms with van der Waals surface area (Å²) in [7, 11) is 0. The van der Waals surface area contributed by atoms with Crippen LogP contribution in [0.4, 0.5) is 4.79 Å². The first kappa shape index (κ1) is 15.2. The van der Waals surface area contributed by atoms with E-state index in [4.69, 9.17) is 4.74 Å². The second-order valence-corrected chi connectivity index (χ2v) is 5.17. The third-order valence-electron chi connectivity index (χ3n) is 3.71. The lowest BCUT2D eigenvalue weighted by Crippen LogP contribution is -2.44. The predicted octanol–water partition coefficient (Wildman–Crippen LogP) is 2.19. The lowest BCUT2D eigenvalue weighted by molar-refractivity contribution is -0.138. The largest absolute Gasteiger partial charge is 0.447 e. The minimum Gasteiger partial charge on any atom is -0.447 e. The zero-order valence-corrected chi connectivity index (χ0v) is 12.2. The zero-order chi connectivity index (χ0) is 15.4. The van der Waals surface area contributed by atoms with E-state index >= 15 is 0 Å². The lowest BCUT2D eigenvalue weighted by atomic mass is 10.0. The maximum atomic E-state index is 12.4. The average molecular weight is 289 g/mol. The van der Waals surface area contributed by atoms with Crippen molar-refractivity contribution < 1.29 is 19.1 Å². The van der Waals surface area contributed by atoms with Crippen LogP contribution in [0.15, 0.2) is 30.3 Å². The third kappa shape index (κ3) is 3.29. The molecule has 0 aliphatic carbocycles. The minimum absolute atomic E-state index is 0.168. The minimum atomic E-state index is -0.807. The van der Waals surface area contributed by atoms with E-state index in [0.29, 0.717) is 6.42 Å². The molecule has 1 saturated heterocycles. The van der Waals surface area contributed by atoms with Gasteiger partial charge in [-0.25, -0.2) is 9.69 Å². The molecule has 1 aromatic carbocycles. The maximum Gasteiger partial charge on any atom is 0.417 e. The van der Waals surface area contributed by atoms with Crippen molar-refractivity contribution in [3.05, 3.63) is 35.9 Å². The van der Waals surface area contributed by atoms with E-state index in [2.05, 4.69) is 0 Å². The molecule has 1 aliphatic rings. The molecule has 5 nitrogen and oxygen atoms in total. The number of ether oxygens (including phenoxy) is 1. The first-order valence-electron chi connectivity index (χ1n) is 7.11. The van der Waals surface area contributed by atoms with Gasteiger partial charge in [0, 0.05) is 6.42 Å². The van der Waals surface area contributed by atoms with E-state index in [-0.39, 0.29) is 24.9 Å². The molecule has 1 fully saturated rings. The van der Waals surface area contributed by atoms with Crippen LogP contribution in [0.5, 0.6) is 0 Å². The number of carbonyl (C=O) groups is 3. The SMILES string of the molecule is CCC(=O)[C@@H](C)C(=O)N1C(=O)OCC1Cc1ccccc1. The van der Waals surface area contributed by atoms with E-state index in [0.717, 1.165) is 10.5 Å². The molecule has 1 aliphatic heterocycles. The van der Waals surface area contributed by atoms with Crippen LogP contribution in [0, 0.1) is 5.92 Å². The second-order valence-electron chi connectivity index (χ2n) is 5.17. The van der Waals surface area contributed by atoms with E-state index < -0.39 is 17.9 Å². The fraction of sp³-hybridized carbons (Fsp3) is 0.438. The zero-order valence-electron chi connectivity index (χ0n) is 12.2. The van der Waals surface area contributed by atoms with Crippen LogP contribution in [0.2, 0.25) is 0 Å². The number of imide groups is 1. The highest BCUT2D eigenvalue weighted by atomic mass is 16.6. The average Bonchev–Trinajstić information content (AvgIpc) is 2.86. The van der Waals surface area contributed by atoms with Crippen LogP contribution >= 0.6 is 0 Å². The quantitative estimate of drug-likeness (QED) is 0.779. The standard InChI is InChI=1S/C16H19NO4/c1-3-14(18)11(2)15(19)17-13(10-21-16(17)20)9-12-7-5-4-6-8-12/h4-8,11,13H,3,9-10H2,1-2H3/t11-,13?/m1/s1. The number of rotatable bonds is 5. The summed E-state index contributed by atoms with van der Waals surface area (Å²) in [4.78, 5) is 36.9. The third-order valence-corrected chi connectivity index (χ3v) is 3.71. The van der Waals surface area contributed by atoms with Gasteiger partial charge in [-0.1, -0.05) is 37.3 Å². The summed E-state index contributed by atoms with van der Waals surface area (Å²) in [5, 5.41) is 0. The normalized spacial score (nSPS) is 19.2. The van der Waals surface area contributed by atoms with Crippen molar-refractivity contribution in [3.63, 3.8) is 0 Å². The summed E-state index contributed by atoms with van der Waals surface area (Å²) in [6.45, 7) is 3.42. The molecule has 1 heterocycles. The highest BCUT2D eigenvalue weighted by molar-refractivity contribution is 6.06. The van der Waals surface area contributed by atoms with Gasteiger partial charge < -0.3 is 4.74 Å². The van der Waals surface area contributed by atoms with Gasteiger partial charge in [0.1, 0.15) is 12.4 Å². The van der Waals surface area contributed by atoms with Crippen LogP contribution in [-0.4, -0.2) is 35.3 Å². The van der Waals surface area contributed by atoms with E-state index in [1.165, 1.54) is 0 Å². The van der Waals surface area contributed by atoms with Crippen LogP contribution in [0.1, 0.15) is 25.8 Å². The molecule has 2 amide bonds. The number of amides is 2. The molecule has 0 spiro atoms. The van der Waals surface area contributed by atoms with Crippen molar-refractivity contribution in [2.24, 2.45) is 5.92 Å². The van der Waals surface area contributed by atoms with E-state index in [9.17, 15) is 14.4 Å². The number of hydrogen-bond acceptors (Lipinski definition) is 4. The molecule has 1 unspecified atom stereocenters. The number of hydrogen-bond donors (Lipinski definition) is 0. The Hall–Kier alpha value is -2.17. The van der Waals surface area contributed by atoms with Gasteiger partial charge in [0.25, 0.3) is 0 Å². The fourth-order valence-corrected chi connectivity index (χ4v) is 2.42. The Morgan fingerprint density at radius 3 is 2.62 bits per heavy atom. The molecular weight excluding hydrogens is 270 g/mol. The molecule has 1 aromatic rings. The first-order valence-corrected chi connectivity index (χ1v) is 7.11. The van der Waals surface area contributed by atoms with Crippen LogP contribution in [0.3, 0.4) is 0 Å². The van der Waals surface area contributed by atoms with Gasteiger partial charge in [0.05, 0.1) is 12.0 Å². The Morgan fingerprint density at radius 1 is 1.33 bits per heavy atom. The molecule has 21 heavy (non-hydrogen) atoms. The van der Waals surface area contributed by atoms with Gasteiger partial charge in [-0.05, 0) is 18.9 Å². The van der Waals surface area contributed by atoms with Crippen molar-refractivity contribution in [1.82, 2.24) is 4.90 Å². The van der Waals surface area contributed by atoms with Crippen LogP contribution in [0.25, 0.3) is 0 Å². The molecule has 0 radical (unpaired) electrons. The van der Waals surface area contributed by atoms with Crippen LogP contribution in [-0.2, 0) is 20.7 Å².